The highest BCUT2D eigenvalue weighted by molar-refractivity contribution is 7.12. The number of para-hydroxylation sites is 2. The largest absolute Gasteiger partial charge is 0.497 e. The maximum absolute atomic E-state index is 12.0. The van der Waals surface area contributed by atoms with Crippen LogP contribution < -0.4 is 14.8 Å². The summed E-state index contributed by atoms with van der Waals surface area (Å²) in [6, 6.07) is 19.8. The molecule has 178 valence electrons. The van der Waals surface area contributed by atoms with Gasteiger partial charge in [0, 0.05) is 25.6 Å². The third kappa shape index (κ3) is 6.38. The SMILES string of the molecule is COc1cccc(OCCCn2c(CCCCCNC(=O)c3cccs3)nc3ccccc32)c1. The number of nitrogens with zero attached hydrogens (tertiary/aromatic N) is 2. The Morgan fingerprint density at radius 1 is 1.00 bits per heavy atom. The molecule has 0 aliphatic rings. The summed E-state index contributed by atoms with van der Waals surface area (Å²) in [5.41, 5.74) is 2.21. The first kappa shape index (κ1) is 23.8. The molecule has 4 rings (SSSR count). The molecule has 7 heteroatoms. The molecule has 0 fully saturated rings. The van der Waals surface area contributed by atoms with Crippen LogP contribution in [-0.2, 0) is 13.0 Å². The third-order valence-electron chi connectivity index (χ3n) is 5.68. The number of carbonyl (C=O) groups excluding carboxylic acids is 1. The standard InChI is InChI=1S/C27H31N3O3S/c1-32-21-10-7-11-22(20-21)33-18-9-17-30-24-13-5-4-12-23(24)29-26(30)15-3-2-6-16-28-27(31)25-14-8-19-34-25/h4-5,7-8,10-14,19-20H,2-3,6,9,15-18H2,1H3,(H,28,31). The van der Waals surface area contributed by atoms with Gasteiger partial charge in [0.15, 0.2) is 0 Å². The molecule has 1 N–H and O–H groups in total. The number of rotatable bonds is 13. The lowest BCUT2D eigenvalue weighted by Gasteiger charge is -2.11. The number of aryl methyl sites for hydroxylation is 2. The Morgan fingerprint density at radius 3 is 2.74 bits per heavy atom. The van der Waals surface area contributed by atoms with Gasteiger partial charge in [-0.15, -0.1) is 11.3 Å². The molecule has 0 bridgehead atoms. The van der Waals surface area contributed by atoms with Gasteiger partial charge in [-0.2, -0.15) is 0 Å². The van der Waals surface area contributed by atoms with E-state index in [0.29, 0.717) is 13.2 Å². The maximum atomic E-state index is 12.0. The van der Waals surface area contributed by atoms with Crippen molar-refractivity contribution in [3.05, 3.63) is 76.7 Å². The predicted octanol–water partition coefficient (Wildman–Crippen LogP) is 5.72. The average Bonchev–Trinajstić information content (AvgIpc) is 3.52. The van der Waals surface area contributed by atoms with Crippen molar-refractivity contribution in [1.82, 2.24) is 14.9 Å². The molecule has 0 saturated heterocycles. The predicted molar refractivity (Wildman–Crippen MR) is 137 cm³/mol. The van der Waals surface area contributed by atoms with Crippen LogP contribution in [0, 0.1) is 0 Å². The van der Waals surface area contributed by atoms with Crippen LogP contribution >= 0.6 is 11.3 Å². The summed E-state index contributed by atoms with van der Waals surface area (Å²) in [6.45, 7) is 2.19. The van der Waals surface area contributed by atoms with Crippen molar-refractivity contribution in [2.24, 2.45) is 0 Å². The van der Waals surface area contributed by atoms with Crippen molar-refractivity contribution in [3.8, 4) is 11.5 Å². The molecule has 4 aromatic rings. The zero-order valence-electron chi connectivity index (χ0n) is 19.5. The van der Waals surface area contributed by atoms with Gasteiger partial charge in [0.05, 0.1) is 29.6 Å². The fraction of sp³-hybridized carbons (Fsp3) is 0.333. The van der Waals surface area contributed by atoms with Crippen molar-refractivity contribution >= 4 is 28.3 Å². The van der Waals surface area contributed by atoms with Gasteiger partial charge in [0.1, 0.15) is 17.3 Å². The van der Waals surface area contributed by atoms with Gasteiger partial charge < -0.3 is 19.4 Å². The van der Waals surface area contributed by atoms with E-state index < -0.39 is 0 Å². The fourth-order valence-corrected chi connectivity index (χ4v) is 4.59. The van der Waals surface area contributed by atoms with Crippen molar-refractivity contribution < 1.29 is 14.3 Å². The second-order valence-corrected chi connectivity index (χ2v) is 9.04. The number of ether oxygens (including phenoxy) is 2. The smallest absolute Gasteiger partial charge is 0.261 e. The molecule has 0 aliphatic heterocycles. The topological polar surface area (TPSA) is 65.4 Å². The molecule has 2 aromatic carbocycles. The van der Waals surface area contributed by atoms with Crippen molar-refractivity contribution in [1.29, 1.82) is 0 Å². The second-order valence-electron chi connectivity index (χ2n) is 8.09. The van der Waals surface area contributed by atoms with Gasteiger partial charge in [-0.25, -0.2) is 4.98 Å². The molecule has 0 atom stereocenters. The van der Waals surface area contributed by atoms with Crippen molar-refractivity contribution in [3.63, 3.8) is 0 Å². The van der Waals surface area contributed by atoms with Crippen molar-refractivity contribution in [2.45, 2.75) is 38.6 Å². The number of thiophene rings is 1. The molecule has 0 aliphatic carbocycles. The van der Waals surface area contributed by atoms with Crippen LogP contribution in [0.25, 0.3) is 11.0 Å². The highest BCUT2D eigenvalue weighted by Gasteiger charge is 2.10. The van der Waals surface area contributed by atoms with E-state index in [0.717, 1.165) is 66.4 Å². The van der Waals surface area contributed by atoms with E-state index in [9.17, 15) is 4.79 Å². The Balaban J connectivity index is 1.25. The minimum Gasteiger partial charge on any atom is -0.497 e. The first-order valence-corrected chi connectivity index (χ1v) is 12.7. The van der Waals surface area contributed by atoms with Gasteiger partial charge in [-0.05, 0) is 55.0 Å². The Kier molecular flexibility index (Phi) is 8.57. The molecule has 0 saturated carbocycles. The number of nitrogens with one attached hydrogen (secondary N) is 1. The Hall–Kier alpha value is -3.32. The van der Waals surface area contributed by atoms with E-state index in [1.54, 1.807) is 7.11 Å². The molecular formula is C27H31N3O3S. The van der Waals surface area contributed by atoms with E-state index in [4.69, 9.17) is 14.5 Å². The Morgan fingerprint density at radius 2 is 1.88 bits per heavy atom. The Labute approximate surface area is 204 Å². The number of benzene rings is 2. The molecule has 1 amide bonds. The van der Waals surface area contributed by atoms with Gasteiger partial charge in [-0.1, -0.05) is 30.7 Å². The van der Waals surface area contributed by atoms with Gasteiger partial charge in [-0.3, -0.25) is 4.79 Å². The molecule has 0 unspecified atom stereocenters. The number of methoxy groups -OCH3 is 1. The zero-order chi connectivity index (χ0) is 23.6. The molecular weight excluding hydrogens is 446 g/mol. The summed E-state index contributed by atoms with van der Waals surface area (Å²) in [5.74, 6) is 2.76. The van der Waals surface area contributed by atoms with Gasteiger partial charge in [0.25, 0.3) is 5.91 Å². The van der Waals surface area contributed by atoms with Crippen LogP contribution in [0.1, 0.15) is 41.2 Å². The minimum absolute atomic E-state index is 0.0213. The lowest BCUT2D eigenvalue weighted by atomic mass is 10.2. The molecule has 6 nitrogen and oxygen atoms in total. The number of imidazole rings is 1. The molecule has 34 heavy (non-hydrogen) atoms. The number of carbonyl (C=O) groups is 1. The molecule has 0 spiro atoms. The number of amides is 1. The van der Waals surface area contributed by atoms with Crippen LogP contribution in [0.15, 0.2) is 66.0 Å². The lowest BCUT2D eigenvalue weighted by Crippen LogP contribution is -2.23. The molecule has 2 aromatic heterocycles. The van der Waals surface area contributed by atoms with Crippen LogP contribution in [-0.4, -0.2) is 35.7 Å². The summed E-state index contributed by atoms with van der Waals surface area (Å²) < 4.78 is 13.5. The number of hydrogen-bond donors (Lipinski definition) is 1. The summed E-state index contributed by atoms with van der Waals surface area (Å²) >= 11 is 1.47. The van der Waals surface area contributed by atoms with E-state index in [1.807, 2.05) is 47.8 Å². The highest BCUT2D eigenvalue weighted by Crippen LogP contribution is 2.21. The highest BCUT2D eigenvalue weighted by atomic mass is 32.1. The van der Waals surface area contributed by atoms with Crippen LogP contribution in [0.5, 0.6) is 11.5 Å². The number of aromatic nitrogens is 2. The average molecular weight is 478 g/mol. The van der Waals surface area contributed by atoms with E-state index in [-0.39, 0.29) is 5.91 Å². The number of fused-ring (bicyclic) bond motifs is 1. The normalized spacial score (nSPS) is 11.0. The quantitative estimate of drug-likeness (QED) is 0.250. The Bertz CT molecular complexity index is 1190. The van der Waals surface area contributed by atoms with E-state index >= 15 is 0 Å². The van der Waals surface area contributed by atoms with E-state index in [1.165, 1.54) is 16.9 Å². The summed E-state index contributed by atoms with van der Waals surface area (Å²) in [5, 5.41) is 4.92. The van der Waals surface area contributed by atoms with Crippen LogP contribution in [0.2, 0.25) is 0 Å². The number of unbranched alkanes of at least 4 members (excludes halogenated alkanes) is 2. The summed E-state index contributed by atoms with van der Waals surface area (Å²) in [7, 11) is 1.66. The fourth-order valence-electron chi connectivity index (χ4n) is 3.95. The maximum Gasteiger partial charge on any atom is 0.261 e. The number of hydrogen-bond acceptors (Lipinski definition) is 5. The van der Waals surface area contributed by atoms with Crippen LogP contribution in [0.4, 0.5) is 0 Å². The van der Waals surface area contributed by atoms with Crippen LogP contribution in [0.3, 0.4) is 0 Å². The molecule has 2 heterocycles. The van der Waals surface area contributed by atoms with Gasteiger partial charge >= 0.3 is 0 Å². The summed E-state index contributed by atoms with van der Waals surface area (Å²) in [4.78, 5) is 17.7. The monoisotopic (exact) mass is 477 g/mol. The third-order valence-corrected chi connectivity index (χ3v) is 6.55. The first-order valence-electron chi connectivity index (χ1n) is 11.8. The minimum atomic E-state index is 0.0213. The van der Waals surface area contributed by atoms with Gasteiger partial charge in [0.2, 0.25) is 0 Å². The zero-order valence-corrected chi connectivity index (χ0v) is 20.4. The lowest BCUT2D eigenvalue weighted by molar-refractivity contribution is 0.0957. The van der Waals surface area contributed by atoms with Crippen molar-refractivity contribution in [2.75, 3.05) is 20.3 Å². The molecule has 0 radical (unpaired) electrons. The van der Waals surface area contributed by atoms with E-state index in [2.05, 4.69) is 28.1 Å². The second kappa shape index (κ2) is 12.2. The first-order chi connectivity index (χ1) is 16.7. The summed E-state index contributed by atoms with van der Waals surface area (Å²) in [6.07, 6.45) is 4.86.